The molecule has 0 radical (unpaired) electrons. The molecule has 0 heterocycles. The van der Waals surface area contributed by atoms with E-state index in [9.17, 15) is 9.59 Å². The average molecular weight is 338 g/mol. The van der Waals surface area contributed by atoms with Crippen LogP contribution in [0.1, 0.15) is 48.4 Å². The van der Waals surface area contributed by atoms with Crippen molar-refractivity contribution < 1.29 is 9.59 Å². The Kier molecular flexibility index (Phi) is 5.97. The van der Waals surface area contributed by atoms with E-state index in [0.29, 0.717) is 11.6 Å². The van der Waals surface area contributed by atoms with Gasteiger partial charge in [0.25, 0.3) is 0 Å². The number of anilines is 2. The summed E-state index contributed by atoms with van der Waals surface area (Å²) >= 11 is 0. The summed E-state index contributed by atoms with van der Waals surface area (Å²) in [6, 6.07) is 11.6. The highest BCUT2D eigenvalue weighted by atomic mass is 16.2. The van der Waals surface area contributed by atoms with Gasteiger partial charge >= 0.3 is 0 Å². The lowest BCUT2D eigenvalue weighted by molar-refractivity contribution is -0.123. The van der Waals surface area contributed by atoms with E-state index in [1.54, 1.807) is 0 Å². The molecule has 0 unspecified atom stereocenters. The molecule has 4 nitrogen and oxygen atoms in total. The van der Waals surface area contributed by atoms with E-state index in [-0.39, 0.29) is 18.2 Å². The van der Waals surface area contributed by atoms with Gasteiger partial charge in [-0.3, -0.25) is 9.59 Å². The fraction of sp³-hybridized carbons (Fsp3) is 0.333. The van der Waals surface area contributed by atoms with Gasteiger partial charge in [0.05, 0.1) is 0 Å². The molecule has 0 aromatic heterocycles. The van der Waals surface area contributed by atoms with Crippen LogP contribution in [0.5, 0.6) is 0 Å². The Bertz CT molecular complexity index is 794. The van der Waals surface area contributed by atoms with Gasteiger partial charge in [-0.1, -0.05) is 38.1 Å². The fourth-order valence-corrected chi connectivity index (χ4v) is 2.70. The van der Waals surface area contributed by atoms with Gasteiger partial charge in [-0.05, 0) is 61.1 Å². The molecule has 0 aliphatic heterocycles. The molecule has 2 N–H and O–H groups in total. The summed E-state index contributed by atoms with van der Waals surface area (Å²) < 4.78 is 0. The Labute approximate surface area is 149 Å². The van der Waals surface area contributed by atoms with E-state index in [4.69, 9.17) is 0 Å². The monoisotopic (exact) mass is 338 g/mol. The predicted molar refractivity (Wildman–Crippen MR) is 103 cm³/mol. The highest BCUT2D eigenvalue weighted by Crippen LogP contribution is 2.27. The number of benzene rings is 2. The van der Waals surface area contributed by atoms with Crippen LogP contribution in [0.15, 0.2) is 36.4 Å². The fourth-order valence-electron chi connectivity index (χ4n) is 2.70. The number of amides is 2. The summed E-state index contributed by atoms with van der Waals surface area (Å²) in [5.41, 5.74) is 5.85. The van der Waals surface area contributed by atoms with Gasteiger partial charge < -0.3 is 10.6 Å². The highest BCUT2D eigenvalue weighted by Gasteiger charge is 2.15. The summed E-state index contributed by atoms with van der Waals surface area (Å²) in [4.78, 5) is 24.4. The van der Waals surface area contributed by atoms with Crippen molar-refractivity contribution in [1.82, 2.24) is 0 Å². The van der Waals surface area contributed by atoms with Crippen molar-refractivity contribution >= 4 is 23.2 Å². The van der Waals surface area contributed by atoms with E-state index < -0.39 is 0 Å². The van der Waals surface area contributed by atoms with Crippen LogP contribution >= 0.6 is 0 Å². The van der Waals surface area contributed by atoms with E-state index in [1.807, 2.05) is 57.2 Å². The number of nitrogens with one attached hydrogen (secondary N) is 2. The van der Waals surface area contributed by atoms with Crippen LogP contribution in [-0.2, 0) is 9.59 Å². The predicted octanol–water partition coefficient (Wildman–Crippen LogP) is 4.70. The zero-order valence-corrected chi connectivity index (χ0v) is 15.6. The first-order valence-electron chi connectivity index (χ1n) is 8.54. The quantitative estimate of drug-likeness (QED) is 0.776. The van der Waals surface area contributed by atoms with Crippen molar-refractivity contribution in [2.45, 2.75) is 47.0 Å². The summed E-state index contributed by atoms with van der Waals surface area (Å²) in [5.74, 6) is -0.336. The first-order valence-corrected chi connectivity index (χ1v) is 8.54. The van der Waals surface area contributed by atoms with Crippen molar-refractivity contribution in [1.29, 1.82) is 0 Å². The summed E-state index contributed by atoms with van der Waals surface area (Å²) in [5, 5.41) is 5.68. The largest absolute Gasteiger partial charge is 0.326 e. The molecule has 0 fully saturated rings. The van der Waals surface area contributed by atoms with Gasteiger partial charge in [0, 0.05) is 11.4 Å². The van der Waals surface area contributed by atoms with Gasteiger partial charge in [0.1, 0.15) is 6.42 Å². The Morgan fingerprint density at radius 2 is 1.56 bits per heavy atom. The first-order chi connectivity index (χ1) is 11.8. The maximum Gasteiger partial charge on any atom is 0.233 e. The third-order valence-corrected chi connectivity index (χ3v) is 4.30. The molecule has 2 aromatic rings. The summed E-state index contributed by atoms with van der Waals surface area (Å²) in [6.07, 6.45) is -0.210. The number of para-hydroxylation sites is 1. The molecule has 0 aliphatic carbocycles. The first kappa shape index (κ1) is 18.7. The number of aryl methyl sites for hydroxylation is 3. The maximum atomic E-state index is 12.3. The lowest BCUT2D eigenvalue weighted by atomic mass is 9.98. The molecule has 0 aliphatic rings. The van der Waals surface area contributed by atoms with Crippen LogP contribution < -0.4 is 10.6 Å². The van der Waals surface area contributed by atoms with E-state index >= 15 is 0 Å². The molecular formula is C21H26N2O2. The smallest absolute Gasteiger partial charge is 0.233 e. The van der Waals surface area contributed by atoms with Gasteiger partial charge in [0.15, 0.2) is 0 Å². The van der Waals surface area contributed by atoms with Crippen LogP contribution in [0, 0.1) is 20.8 Å². The molecule has 2 amide bonds. The topological polar surface area (TPSA) is 58.2 Å². The zero-order chi connectivity index (χ0) is 18.6. The summed E-state index contributed by atoms with van der Waals surface area (Å²) in [7, 11) is 0. The number of carbonyl (C=O) groups excluding carboxylic acids is 2. The Morgan fingerprint density at radius 1 is 0.880 bits per heavy atom. The number of hydrogen-bond donors (Lipinski definition) is 2. The van der Waals surface area contributed by atoms with Crippen LogP contribution in [0.4, 0.5) is 11.4 Å². The van der Waals surface area contributed by atoms with E-state index in [0.717, 1.165) is 27.9 Å². The van der Waals surface area contributed by atoms with Gasteiger partial charge in [-0.25, -0.2) is 0 Å². The number of hydrogen-bond acceptors (Lipinski definition) is 2. The Morgan fingerprint density at radius 3 is 2.20 bits per heavy atom. The molecule has 0 saturated heterocycles. The highest BCUT2D eigenvalue weighted by molar-refractivity contribution is 6.08. The van der Waals surface area contributed by atoms with Crippen molar-refractivity contribution in [2.75, 3.05) is 10.6 Å². The average Bonchev–Trinajstić information content (AvgIpc) is 2.52. The summed E-state index contributed by atoms with van der Waals surface area (Å²) in [6.45, 7) is 10.1. The zero-order valence-electron chi connectivity index (χ0n) is 15.6. The lowest BCUT2D eigenvalue weighted by Crippen LogP contribution is -2.22. The van der Waals surface area contributed by atoms with Gasteiger partial charge in [-0.2, -0.15) is 0 Å². The number of carbonyl (C=O) groups is 2. The Balaban J connectivity index is 2.03. The molecule has 0 spiro atoms. The molecular weight excluding hydrogens is 312 g/mol. The minimum atomic E-state index is -0.319. The molecule has 0 saturated carbocycles. The second-order valence-corrected chi connectivity index (χ2v) is 6.77. The van der Waals surface area contributed by atoms with Crippen LogP contribution in [-0.4, -0.2) is 11.8 Å². The SMILES string of the molecule is Cc1ccc(NC(=O)CC(=O)Nc2c(C)cccc2C(C)C)cc1C. The Hall–Kier alpha value is -2.62. The molecule has 2 aromatic carbocycles. The molecule has 4 heteroatoms. The third kappa shape index (κ3) is 4.92. The minimum absolute atomic E-state index is 0.210. The van der Waals surface area contributed by atoms with Crippen molar-refractivity contribution in [3.05, 3.63) is 58.7 Å². The van der Waals surface area contributed by atoms with Crippen molar-refractivity contribution in [3.8, 4) is 0 Å². The normalized spacial score (nSPS) is 10.6. The molecule has 0 bridgehead atoms. The minimum Gasteiger partial charge on any atom is -0.326 e. The van der Waals surface area contributed by atoms with Gasteiger partial charge in [0.2, 0.25) is 11.8 Å². The second-order valence-electron chi connectivity index (χ2n) is 6.77. The molecule has 132 valence electrons. The third-order valence-electron chi connectivity index (χ3n) is 4.30. The molecule has 0 atom stereocenters. The van der Waals surface area contributed by atoms with Crippen LogP contribution in [0.25, 0.3) is 0 Å². The number of rotatable bonds is 5. The second kappa shape index (κ2) is 7.97. The van der Waals surface area contributed by atoms with E-state index in [2.05, 4.69) is 24.5 Å². The van der Waals surface area contributed by atoms with Crippen molar-refractivity contribution in [2.24, 2.45) is 0 Å². The maximum absolute atomic E-state index is 12.3. The van der Waals surface area contributed by atoms with E-state index in [1.165, 1.54) is 0 Å². The molecule has 25 heavy (non-hydrogen) atoms. The lowest BCUT2D eigenvalue weighted by Gasteiger charge is -2.16. The van der Waals surface area contributed by atoms with Crippen molar-refractivity contribution in [3.63, 3.8) is 0 Å². The van der Waals surface area contributed by atoms with Crippen LogP contribution in [0.3, 0.4) is 0 Å². The standard InChI is InChI=1S/C21H26N2O2/c1-13(2)18-8-6-7-15(4)21(18)23-20(25)12-19(24)22-17-10-9-14(3)16(5)11-17/h6-11,13H,12H2,1-5H3,(H,22,24)(H,23,25). The van der Waals surface area contributed by atoms with Gasteiger partial charge in [-0.15, -0.1) is 0 Å². The van der Waals surface area contributed by atoms with Crippen LogP contribution in [0.2, 0.25) is 0 Å². The molecule has 2 rings (SSSR count).